The Bertz CT molecular complexity index is 522. The lowest BCUT2D eigenvalue weighted by molar-refractivity contribution is -0.152. The molecule has 2 fully saturated rings. The molecule has 0 saturated carbocycles. The van der Waals surface area contributed by atoms with Crippen molar-refractivity contribution in [2.24, 2.45) is 5.92 Å². The van der Waals surface area contributed by atoms with Crippen molar-refractivity contribution in [1.29, 1.82) is 0 Å². The van der Waals surface area contributed by atoms with Crippen LogP contribution in [0.5, 0.6) is 0 Å². The number of hydrogen-bond acceptors (Lipinski definition) is 3. The Morgan fingerprint density at radius 3 is 2.55 bits per heavy atom. The van der Waals surface area contributed by atoms with E-state index in [9.17, 15) is 9.59 Å². The van der Waals surface area contributed by atoms with Crippen LogP contribution in [-0.4, -0.2) is 42.5 Å². The maximum Gasteiger partial charge on any atom is 0.246 e. The molecule has 0 aromatic heterocycles. The van der Waals surface area contributed by atoms with Crippen LogP contribution in [0.15, 0.2) is 24.3 Å². The number of carbonyl (C=O) groups excluding carboxylic acids is 2. The van der Waals surface area contributed by atoms with Gasteiger partial charge in [-0.25, -0.2) is 0 Å². The van der Waals surface area contributed by atoms with Gasteiger partial charge in [0, 0.05) is 12.5 Å². The van der Waals surface area contributed by atoms with Gasteiger partial charge >= 0.3 is 0 Å². The molecule has 2 heterocycles. The highest BCUT2D eigenvalue weighted by molar-refractivity contribution is 5.95. The standard InChI is InChI=1S/C15H18N2O3/c1-10-2-4-11(5-3-10)6-17-7-13(18)16-14(15(17)19)12-8-20-9-12/h2-5,12,14H,6-9H2,1H3,(H,16,18). The van der Waals surface area contributed by atoms with Gasteiger partial charge in [0.15, 0.2) is 0 Å². The number of nitrogens with zero attached hydrogens (tertiary/aromatic N) is 1. The van der Waals surface area contributed by atoms with E-state index in [1.807, 2.05) is 31.2 Å². The second-order valence-corrected chi connectivity index (χ2v) is 5.52. The van der Waals surface area contributed by atoms with Crippen molar-refractivity contribution in [2.75, 3.05) is 19.8 Å². The van der Waals surface area contributed by atoms with E-state index in [1.165, 1.54) is 5.56 Å². The average molecular weight is 274 g/mol. The molecule has 0 aliphatic carbocycles. The molecule has 0 radical (unpaired) electrons. The fourth-order valence-corrected chi connectivity index (χ4v) is 2.54. The van der Waals surface area contributed by atoms with Crippen LogP contribution in [0.3, 0.4) is 0 Å². The van der Waals surface area contributed by atoms with Crippen molar-refractivity contribution in [3.63, 3.8) is 0 Å². The first-order chi connectivity index (χ1) is 9.63. The maximum absolute atomic E-state index is 12.4. The summed E-state index contributed by atoms with van der Waals surface area (Å²) in [6.07, 6.45) is 0. The fourth-order valence-electron chi connectivity index (χ4n) is 2.54. The zero-order chi connectivity index (χ0) is 14.1. The van der Waals surface area contributed by atoms with Crippen molar-refractivity contribution < 1.29 is 14.3 Å². The monoisotopic (exact) mass is 274 g/mol. The van der Waals surface area contributed by atoms with Crippen molar-refractivity contribution in [2.45, 2.75) is 19.5 Å². The topological polar surface area (TPSA) is 58.6 Å². The molecule has 0 spiro atoms. The molecule has 2 aliphatic heterocycles. The predicted octanol–water partition coefficient (Wildman–Crippen LogP) is 0.468. The molecule has 1 aromatic rings. The normalized spacial score (nSPS) is 23.4. The third kappa shape index (κ3) is 2.54. The molecule has 2 aliphatic rings. The van der Waals surface area contributed by atoms with Crippen LogP contribution in [0.2, 0.25) is 0 Å². The zero-order valence-corrected chi connectivity index (χ0v) is 11.5. The van der Waals surface area contributed by atoms with Crippen molar-refractivity contribution in [1.82, 2.24) is 10.2 Å². The summed E-state index contributed by atoms with van der Waals surface area (Å²) < 4.78 is 5.12. The Kier molecular flexibility index (Phi) is 3.44. The molecule has 1 atom stereocenters. The summed E-state index contributed by atoms with van der Waals surface area (Å²) in [4.78, 5) is 25.8. The van der Waals surface area contributed by atoms with Gasteiger partial charge in [-0.3, -0.25) is 9.59 Å². The Balaban J connectivity index is 1.72. The quantitative estimate of drug-likeness (QED) is 0.871. The third-order valence-electron chi connectivity index (χ3n) is 3.86. The summed E-state index contributed by atoms with van der Waals surface area (Å²) in [6, 6.07) is 7.60. The first-order valence-electron chi connectivity index (χ1n) is 6.85. The molecule has 1 unspecified atom stereocenters. The van der Waals surface area contributed by atoms with Crippen LogP contribution in [0.1, 0.15) is 11.1 Å². The SMILES string of the molecule is Cc1ccc(CN2CC(=O)NC(C3COC3)C2=O)cc1. The van der Waals surface area contributed by atoms with Crippen LogP contribution in [-0.2, 0) is 20.9 Å². The third-order valence-corrected chi connectivity index (χ3v) is 3.86. The summed E-state index contributed by atoms with van der Waals surface area (Å²) in [6.45, 7) is 3.74. The van der Waals surface area contributed by atoms with Crippen molar-refractivity contribution >= 4 is 11.8 Å². The number of piperazine rings is 1. The van der Waals surface area contributed by atoms with Gasteiger partial charge in [-0.05, 0) is 12.5 Å². The van der Waals surface area contributed by atoms with Crippen LogP contribution >= 0.6 is 0 Å². The lowest BCUT2D eigenvalue weighted by Gasteiger charge is -2.39. The highest BCUT2D eigenvalue weighted by Crippen LogP contribution is 2.20. The maximum atomic E-state index is 12.4. The molecule has 20 heavy (non-hydrogen) atoms. The molecule has 0 bridgehead atoms. The fraction of sp³-hybridized carbons (Fsp3) is 0.467. The first kappa shape index (κ1) is 13.1. The first-order valence-corrected chi connectivity index (χ1v) is 6.85. The lowest BCUT2D eigenvalue weighted by Crippen LogP contribution is -2.63. The second-order valence-electron chi connectivity index (χ2n) is 5.52. The van der Waals surface area contributed by atoms with E-state index in [4.69, 9.17) is 4.74 Å². The van der Waals surface area contributed by atoms with Crippen molar-refractivity contribution in [3.8, 4) is 0 Å². The molecular weight excluding hydrogens is 256 g/mol. The number of rotatable bonds is 3. The smallest absolute Gasteiger partial charge is 0.246 e. The summed E-state index contributed by atoms with van der Waals surface area (Å²) in [5.74, 6) is 0.0272. The van der Waals surface area contributed by atoms with E-state index in [0.29, 0.717) is 19.8 Å². The number of aryl methyl sites for hydroxylation is 1. The van der Waals surface area contributed by atoms with Gasteiger partial charge in [0.25, 0.3) is 0 Å². The predicted molar refractivity (Wildman–Crippen MR) is 72.8 cm³/mol. The molecule has 2 saturated heterocycles. The minimum Gasteiger partial charge on any atom is -0.380 e. The lowest BCUT2D eigenvalue weighted by atomic mass is 9.95. The number of hydrogen-bond donors (Lipinski definition) is 1. The van der Waals surface area contributed by atoms with Gasteiger partial charge in [0.05, 0.1) is 19.8 Å². The van der Waals surface area contributed by atoms with E-state index in [-0.39, 0.29) is 24.3 Å². The van der Waals surface area contributed by atoms with E-state index >= 15 is 0 Å². The number of amides is 2. The van der Waals surface area contributed by atoms with Crippen LogP contribution < -0.4 is 5.32 Å². The van der Waals surface area contributed by atoms with Gasteiger partial charge in [-0.1, -0.05) is 29.8 Å². The Morgan fingerprint density at radius 1 is 1.25 bits per heavy atom. The Labute approximate surface area is 117 Å². The zero-order valence-electron chi connectivity index (χ0n) is 11.5. The van der Waals surface area contributed by atoms with Crippen LogP contribution in [0, 0.1) is 12.8 Å². The number of ether oxygens (including phenoxy) is 1. The number of nitrogens with one attached hydrogen (secondary N) is 1. The average Bonchev–Trinajstić information content (AvgIpc) is 2.35. The number of benzene rings is 1. The molecule has 5 nitrogen and oxygen atoms in total. The number of carbonyl (C=O) groups is 2. The van der Waals surface area contributed by atoms with Crippen LogP contribution in [0.4, 0.5) is 0 Å². The van der Waals surface area contributed by atoms with Gasteiger partial charge in [0.2, 0.25) is 11.8 Å². The Hall–Kier alpha value is -1.88. The summed E-state index contributed by atoms with van der Waals surface area (Å²) >= 11 is 0. The van der Waals surface area contributed by atoms with E-state index in [1.54, 1.807) is 4.90 Å². The molecule has 5 heteroatoms. The molecular formula is C15H18N2O3. The summed E-state index contributed by atoms with van der Waals surface area (Å²) in [5.41, 5.74) is 2.23. The summed E-state index contributed by atoms with van der Waals surface area (Å²) in [5, 5.41) is 2.78. The highest BCUT2D eigenvalue weighted by atomic mass is 16.5. The van der Waals surface area contributed by atoms with E-state index in [0.717, 1.165) is 5.56 Å². The second kappa shape index (κ2) is 5.25. The minimum absolute atomic E-state index is 0.00141. The van der Waals surface area contributed by atoms with Gasteiger partial charge < -0.3 is 15.0 Å². The van der Waals surface area contributed by atoms with Crippen LogP contribution in [0.25, 0.3) is 0 Å². The molecule has 1 aromatic carbocycles. The largest absolute Gasteiger partial charge is 0.380 e. The van der Waals surface area contributed by atoms with Gasteiger partial charge in [0.1, 0.15) is 6.04 Å². The van der Waals surface area contributed by atoms with E-state index < -0.39 is 6.04 Å². The minimum atomic E-state index is -0.421. The van der Waals surface area contributed by atoms with Gasteiger partial charge in [-0.15, -0.1) is 0 Å². The van der Waals surface area contributed by atoms with Crippen molar-refractivity contribution in [3.05, 3.63) is 35.4 Å². The molecule has 106 valence electrons. The highest BCUT2D eigenvalue weighted by Gasteiger charge is 2.40. The Morgan fingerprint density at radius 2 is 1.95 bits per heavy atom. The molecule has 1 N–H and O–H groups in total. The van der Waals surface area contributed by atoms with E-state index in [2.05, 4.69) is 5.32 Å². The summed E-state index contributed by atoms with van der Waals surface area (Å²) in [7, 11) is 0. The van der Waals surface area contributed by atoms with Gasteiger partial charge in [-0.2, -0.15) is 0 Å². The molecule has 3 rings (SSSR count). The molecule has 2 amide bonds.